The lowest BCUT2D eigenvalue weighted by Crippen LogP contribution is -2.41. The minimum Gasteiger partial charge on any atom is -0.379 e. The van der Waals surface area contributed by atoms with Crippen LogP contribution in [-0.2, 0) is 4.74 Å². The molecule has 0 saturated carbocycles. The van der Waals surface area contributed by atoms with Crippen molar-refractivity contribution in [3.8, 4) is 0 Å². The third kappa shape index (κ3) is 2.89. The first-order valence-corrected chi connectivity index (χ1v) is 7.85. The molecule has 1 atom stereocenters. The highest BCUT2D eigenvalue weighted by Gasteiger charge is 2.28. The SMILES string of the molecule is C=CCCN(C(=O)c1cc2cccc(Cl)c2[nH]1)C1CCOC1. The van der Waals surface area contributed by atoms with Gasteiger partial charge in [0, 0.05) is 18.5 Å². The molecule has 0 aliphatic carbocycles. The Kier molecular flexibility index (Phi) is 4.50. The van der Waals surface area contributed by atoms with E-state index in [1.54, 1.807) is 0 Å². The number of benzene rings is 1. The van der Waals surface area contributed by atoms with E-state index in [2.05, 4.69) is 11.6 Å². The third-order valence-electron chi connectivity index (χ3n) is 4.02. The van der Waals surface area contributed by atoms with Gasteiger partial charge in [0.2, 0.25) is 0 Å². The second-order valence-electron chi connectivity index (χ2n) is 5.48. The molecule has 1 aliphatic rings. The van der Waals surface area contributed by atoms with Gasteiger partial charge in [-0.2, -0.15) is 0 Å². The van der Waals surface area contributed by atoms with E-state index in [9.17, 15) is 4.79 Å². The summed E-state index contributed by atoms with van der Waals surface area (Å²) in [5, 5.41) is 1.57. The number of aromatic nitrogens is 1. The fourth-order valence-electron chi connectivity index (χ4n) is 2.84. The Morgan fingerprint density at radius 1 is 1.55 bits per heavy atom. The van der Waals surface area contributed by atoms with E-state index >= 15 is 0 Å². The number of rotatable bonds is 5. The first-order valence-electron chi connectivity index (χ1n) is 7.47. The lowest BCUT2D eigenvalue weighted by atomic mass is 10.2. The minimum atomic E-state index is -0.00961. The fourth-order valence-corrected chi connectivity index (χ4v) is 3.07. The number of hydrogen-bond acceptors (Lipinski definition) is 2. The molecule has 1 saturated heterocycles. The number of H-pyrrole nitrogens is 1. The number of hydrogen-bond donors (Lipinski definition) is 1. The van der Waals surface area contributed by atoms with E-state index in [0.29, 0.717) is 30.5 Å². The number of para-hydroxylation sites is 1. The highest BCUT2D eigenvalue weighted by Crippen LogP contribution is 2.25. The summed E-state index contributed by atoms with van der Waals surface area (Å²) in [6.07, 6.45) is 3.48. The molecule has 1 amide bonds. The maximum absolute atomic E-state index is 12.9. The normalized spacial score (nSPS) is 17.8. The van der Waals surface area contributed by atoms with Crippen LogP contribution in [-0.4, -0.2) is 41.6 Å². The van der Waals surface area contributed by atoms with Crippen molar-refractivity contribution in [3.05, 3.63) is 47.6 Å². The van der Waals surface area contributed by atoms with Crippen LogP contribution in [0.4, 0.5) is 0 Å². The van der Waals surface area contributed by atoms with Gasteiger partial charge in [0.15, 0.2) is 0 Å². The molecular weight excluding hydrogens is 300 g/mol. The number of nitrogens with zero attached hydrogens (tertiary/aromatic N) is 1. The van der Waals surface area contributed by atoms with Crippen molar-refractivity contribution in [1.29, 1.82) is 0 Å². The van der Waals surface area contributed by atoms with Crippen LogP contribution in [0.3, 0.4) is 0 Å². The Balaban J connectivity index is 1.90. The first-order chi connectivity index (χ1) is 10.7. The van der Waals surface area contributed by atoms with Crippen LogP contribution in [0.2, 0.25) is 5.02 Å². The summed E-state index contributed by atoms with van der Waals surface area (Å²) in [4.78, 5) is 17.9. The number of nitrogens with one attached hydrogen (secondary N) is 1. The van der Waals surface area contributed by atoms with Gasteiger partial charge in [-0.25, -0.2) is 0 Å². The molecule has 0 spiro atoms. The maximum Gasteiger partial charge on any atom is 0.270 e. The van der Waals surface area contributed by atoms with Crippen LogP contribution >= 0.6 is 11.6 Å². The number of carbonyl (C=O) groups is 1. The molecule has 0 bridgehead atoms. The van der Waals surface area contributed by atoms with Crippen molar-refractivity contribution in [2.45, 2.75) is 18.9 Å². The molecule has 2 aromatic rings. The Labute approximate surface area is 134 Å². The number of ether oxygens (including phenoxy) is 1. The van der Waals surface area contributed by atoms with Crippen molar-refractivity contribution in [1.82, 2.24) is 9.88 Å². The highest BCUT2D eigenvalue weighted by atomic mass is 35.5. The molecule has 1 aromatic heterocycles. The minimum absolute atomic E-state index is 0.00961. The molecule has 5 heteroatoms. The Bertz CT molecular complexity index is 689. The second-order valence-corrected chi connectivity index (χ2v) is 5.89. The predicted octanol–water partition coefficient (Wildman–Crippen LogP) is 3.63. The number of amides is 1. The quantitative estimate of drug-likeness (QED) is 0.856. The van der Waals surface area contributed by atoms with E-state index in [4.69, 9.17) is 16.3 Å². The summed E-state index contributed by atoms with van der Waals surface area (Å²) in [6.45, 7) is 5.71. The summed E-state index contributed by atoms with van der Waals surface area (Å²) in [6, 6.07) is 7.64. The van der Waals surface area contributed by atoms with Crippen molar-refractivity contribution < 1.29 is 9.53 Å². The summed E-state index contributed by atoms with van der Waals surface area (Å²) in [7, 11) is 0. The van der Waals surface area contributed by atoms with E-state index < -0.39 is 0 Å². The molecular formula is C17H19ClN2O2. The molecule has 1 aromatic carbocycles. The van der Waals surface area contributed by atoms with Gasteiger partial charge in [0.05, 0.1) is 23.2 Å². The van der Waals surface area contributed by atoms with Crippen molar-refractivity contribution >= 4 is 28.4 Å². The fraction of sp³-hybridized carbons (Fsp3) is 0.353. The number of fused-ring (bicyclic) bond motifs is 1. The third-order valence-corrected chi connectivity index (χ3v) is 4.33. The molecule has 1 fully saturated rings. The smallest absolute Gasteiger partial charge is 0.270 e. The number of carbonyl (C=O) groups excluding carboxylic acids is 1. The van der Waals surface area contributed by atoms with Gasteiger partial charge < -0.3 is 14.6 Å². The molecule has 116 valence electrons. The zero-order chi connectivity index (χ0) is 15.5. The van der Waals surface area contributed by atoms with Crippen molar-refractivity contribution in [3.63, 3.8) is 0 Å². The average molecular weight is 319 g/mol. The number of halogens is 1. The van der Waals surface area contributed by atoms with Crippen LogP contribution in [0.1, 0.15) is 23.3 Å². The lowest BCUT2D eigenvalue weighted by molar-refractivity contribution is 0.0653. The van der Waals surface area contributed by atoms with Gasteiger partial charge in [0.25, 0.3) is 5.91 Å². The molecule has 1 unspecified atom stereocenters. The highest BCUT2D eigenvalue weighted by molar-refractivity contribution is 6.35. The molecule has 2 heterocycles. The summed E-state index contributed by atoms with van der Waals surface area (Å²) < 4.78 is 5.43. The molecule has 1 aliphatic heterocycles. The average Bonchev–Trinajstić information content (AvgIpc) is 3.17. The Hall–Kier alpha value is -1.78. The first kappa shape index (κ1) is 15.1. The molecule has 1 N–H and O–H groups in total. The Morgan fingerprint density at radius 3 is 3.09 bits per heavy atom. The lowest BCUT2D eigenvalue weighted by Gasteiger charge is -2.27. The number of aromatic amines is 1. The standard InChI is InChI=1S/C17H19ClN2O2/c1-2-3-8-20(13-7-9-22-11-13)17(21)15-10-12-5-4-6-14(18)16(12)19-15/h2,4-6,10,13,19H,1,3,7-9,11H2. The largest absolute Gasteiger partial charge is 0.379 e. The van der Waals surface area contributed by atoms with Gasteiger partial charge in [-0.1, -0.05) is 29.8 Å². The van der Waals surface area contributed by atoms with Crippen LogP contribution in [0.25, 0.3) is 10.9 Å². The predicted molar refractivity (Wildman–Crippen MR) is 88.4 cm³/mol. The van der Waals surface area contributed by atoms with E-state index in [0.717, 1.165) is 23.7 Å². The van der Waals surface area contributed by atoms with E-state index in [1.807, 2.05) is 35.2 Å². The van der Waals surface area contributed by atoms with E-state index in [-0.39, 0.29) is 11.9 Å². The van der Waals surface area contributed by atoms with Crippen LogP contribution in [0, 0.1) is 0 Å². The topological polar surface area (TPSA) is 45.3 Å². The molecule has 22 heavy (non-hydrogen) atoms. The van der Waals surface area contributed by atoms with Crippen LogP contribution < -0.4 is 0 Å². The van der Waals surface area contributed by atoms with Crippen molar-refractivity contribution in [2.24, 2.45) is 0 Å². The Morgan fingerprint density at radius 2 is 2.41 bits per heavy atom. The molecule has 3 rings (SSSR count). The van der Waals surface area contributed by atoms with Crippen LogP contribution in [0.5, 0.6) is 0 Å². The second kappa shape index (κ2) is 6.55. The zero-order valence-corrected chi connectivity index (χ0v) is 13.1. The summed E-state index contributed by atoms with van der Waals surface area (Å²) >= 11 is 6.18. The maximum atomic E-state index is 12.9. The van der Waals surface area contributed by atoms with Crippen LogP contribution in [0.15, 0.2) is 36.9 Å². The summed E-state index contributed by atoms with van der Waals surface area (Å²) in [5.74, 6) is -0.00961. The van der Waals surface area contributed by atoms with Gasteiger partial charge in [-0.05, 0) is 25.0 Å². The van der Waals surface area contributed by atoms with Gasteiger partial charge >= 0.3 is 0 Å². The zero-order valence-electron chi connectivity index (χ0n) is 12.3. The van der Waals surface area contributed by atoms with Gasteiger partial charge in [-0.15, -0.1) is 6.58 Å². The van der Waals surface area contributed by atoms with Crippen molar-refractivity contribution in [2.75, 3.05) is 19.8 Å². The van der Waals surface area contributed by atoms with Gasteiger partial charge in [-0.3, -0.25) is 4.79 Å². The molecule has 0 radical (unpaired) electrons. The van der Waals surface area contributed by atoms with E-state index in [1.165, 1.54) is 0 Å². The molecule has 4 nitrogen and oxygen atoms in total. The van der Waals surface area contributed by atoms with Gasteiger partial charge in [0.1, 0.15) is 5.69 Å². The summed E-state index contributed by atoms with van der Waals surface area (Å²) in [5.41, 5.74) is 1.37. The monoisotopic (exact) mass is 318 g/mol.